The molecule has 0 N–H and O–H groups in total. The lowest BCUT2D eigenvalue weighted by atomic mass is 10.1. The summed E-state index contributed by atoms with van der Waals surface area (Å²) in [6.07, 6.45) is 4.39. The van der Waals surface area contributed by atoms with Gasteiger partial charge in [-0.3, -0.25) is 15.0 Å². The normalized spacial score (nSPS) is 19.7. The number of rotatable bonds is 5. The molecule has 0 amide bonds. The smallest absolute Gasteiger partial charge is 0.292 e. The van der Waals surface area contributed by atoms with Crippen LogP contribution in [0, 0.1) is 10.1 Å². The molecule has 0 aromatic heterocycles. The Labute approximate surface area is 137 Å². The third kappa shape index (κ3) is 4.20. The molecule has 0 spiro atoms. The van der Waals surface area contributed by atoms with Crippen LogP contribution in [0.5, 0.6) is 0 Å². The van der Waals surface area contributed by atoms with Crippen LogP contribution in [0.25, 0.3) is 0 Å². The number of nitrogens with zero attached hydrogens (tertiary/aromatic N) is 3. The van der Waals surface area contributed by atoms with Crippen molar-refractivity contribution in [2.75, 3.05) is 50.8 Å². The van der Waals surface area contributed by atoms with Crippen molar-refractivity contribution >= 4 is 11.4 Å². The predicted octanol–water partition coefficient (Wildman–Crippen LogP) is 2.46. The summed E-state index contributed by atoms with van der Waals surface area (Å²) < 4.78 is 5.37. The summed E-state index contributed by atoms with van der Waals surface area (Å²) in [6.45, 7) is 6.40. The Kier molecular flexibility index (Phi) is 5.46. The van der Waals surface area contributed by atoms with Gasteiger partial charge in [-0.1, -0.05) is 6.07 Å². The minimum absolute atomic E-state index is 0.238. The molecule has 1 aromatic rings. The van der Waals surface area contributed by atoms with E-state index in [2.05, 4.69) is 9.80 Å². The zero-order valence-corrected chi connectivity index (χ0v) is 13.6. The standard InChI is InChI=1S/C17H25N3O3/c21-20(22)16-5-4-15(6-9-18-10-12-23-13-11-18)14-17(16)19-7-2-1-3-8-19/h4-5,14H,1-3,6-13H2. The molecule has 2 heterocycles. The molecule has 3 rings (SSSR count). The largest absolute Gasteiger partial charge is 0.379 e. The van der Waals surface area contributed by atoms with E-state index in [1.165, 1.54) is 12.0 Å². The van der Waals surface area contributed by atoms with Gasteiger partial charge in [0.1, 0.15) is 5.69 Å². The maximum absolute atomic E-state index is 11.3. The average molecular weight is 319 g/mol. The molecule has 0 unspecified atom stereocenters. The summed E-state index contributed by atoms with van der Waals surface area (Å²) in [4.78, 5) is 15.7. The Morgan fingerprint density at radius 3 is 2.52 bits per heavy atom. The summed E-state index contributed by atoms with van der Waals surface area (Å²) in [5.74, 6) is 0. The van der Waals surface area contributed by atoms with Gasteiger partial charge in [-0.2, -0.15) is 0 Å². The minimum atomic E-state index is -0.254. The third-order valence-corrected chi connectivity index (χ3v) is 4.75. The van der Waals surface area contributed by atoms with Gasteiger partial charge in [0, 0.05) is 38.8 Å². The minimum Gasteiger partial charge on any atom is -0.379 e. The molecule has 2 fully saturated rings. The Bertz CT molecular complexity index is 538. The van der Waals surface area contributed by atoms with Gasteiger partial charge in [-0.25, -0.2) is 0 Å². The zero-order valence-electron chi connectivity index (χ0n) is 13.6. The summed E-state index contributed by atoms with van der Waals surface area (Å²) in [7, 11) is 0. The highest BCUT2D eigenvalue weighted by molar-refractivity contribution is 5.64. The zero-order chi connectivity index (χ0) is 16.1. The number of morpholine rings is 1. The van der Waals surface area contributed by atoms with E-state index in [1.807, 2.05) is 12.1 Å². The first kappa shape index (κ1) is 16.2. The van der Waals surface area contributed by atoms with E-state index in [0.717, 1.165) is 70.9 Å². The molecule has 6 nitrogen and oxygen atoms in total. The van der Waals surface area contributed by atoms with E-state index in [1.54, 1.807) is 6.07 Å². The summed E-state index contributed by atoms with van der Waals surface area (Å²) in [6, 6.07) is 5.62. The highest BCUT2D eigenvalue weighted by Gasteiger charge is 2.21. The second-order valence-corrected chi connectivity index (χ2v) is 6.33. The Morgan fingerprint density at radius 1 is 1.09 bits per heavy atom. The van der Waals surface area contributed by atoms with Crippen molar-refractivity contribution in [3.8, 4) is 0 Å². The van der Waals surface area contributed by atoms with Crippen LogP contribution in [0.3, 0.4) is 0 Å². The average Bonchev–Trinajstić information content (AvgIpc) is 2.61. The molecule has 6 heteroatoms. The van der Waals surface area contributed by atoms with Gasteiger partial charge in [-0.05, 0) is 37.3 Å². The molecule has 0 bridgehead atoms. The van der Waals surface area contributed by atoms with E-state index in [0.29, 0.717) is 0 Å². The number of anilines is 1. The van der Waals surface area contributed by atoms with Crippen LogP contribution in [0.2, 0.25) is 0 Å². The lowest BCUT2D eigenvalue weighted by Gasteiger charge is -2.29. The van der Waals surface area contributed by atoms with Crippen molar-refractivity contribution in [3.63, 3.8) is 0 Å². The molecule has 0 aliphatic carbocycles. The first-order valence-corrected chi connectivity index (χ1v) is 8.56. The molecule has 23 heavy (non-hydrogen) atoms. The third-order valence-electron chi connectivity index (χ3n) is 4.75. The number of benzene rings is 1. The summed E-state index contributed by atoms with van der Waals surface area (Å²) >= 11 is 0. The van der Waals surface area contributed by atoms with E-state index >= 15 is 0 Å². The Hall–Kier alpha value is -1.66. The fourth-order valence-corrected chi connectivity index (χ4v) is 3.38. The molecular weight excluding hydrogens is 294 g/mol. The van der Waals surface area contributed by atoms with Crippen LogP contribution in [-0.2, 0) is 11.2 Å². The fraction of sp³-hybridized carbons (Fsp3) is 0.647. The Morgan fingerprint density at radius 2 is 1.83 bits per heavy atom. The maximum atomic E-state index is 11.3. The molecule has 0 atom stereocenters. The van der Waals surface area contributed by atoms with Gasteiger partial charge >= 0.3 is 0 Å². The fourth-order valence-electron chi connectivity index (χ4n) is 3.38. The lowest BCUT2D eigenvalue weighted by Crippen LogP contribution is -2.37. The van der Waals surface area contributed by atoms with E-state index < -0.39 is 0 Å². The second kappa shape index (κ2) is 7.75. The SMILES string of the molecule is O=[N+]([O-])c1ccc(CCN2CCOCC2)cc1N1CCCCC1. The predicted molar refractivity (Wildman–Crippen MR) is 90.1 cm³/mol. The van der Waals surface area contributed by atoms with E-state index in [-0.39, 0.29) is 10.6 Å². The van der Waals surface area contributed by atoms with Crippen LogP contribution >= 0.6 is 0 Å². The van der Waals surface area contributed by atoms with Crippen LogP contribution in [0.15, 0.2) is 18.2 Å². The number of hydrogen-bond acceptors (Lipinski definition) is 5. The van der Waals surface area contributed by atoms with Gasteiger partial charge in [-0.15, -0.1) is 0 Å². The molecule has 2 aliphatic heterocycles. The number of nitro benzene ring substituents is 1. The van der Waals surface area contributed by atoms with Crippen molar-refractivity contribution in [1.82, 2.24) is 4.90 Å². The van der Waals surface area contributed by atoms with Crippen molar-refractivity contribution in [2.45, 2.75) is 25.7 Å². The van der Waals surface area contributed by atoms with Crippen molar-refractivity contribution in [2.24, 2.45) is 0 Å². The van der Waals surface area contributed by atoms with Crippen LogP contribution in [0.1, 0.15) is 24.8 Å². The van der Waals surface area contributed by atoms with E-state index in [4.69, 9.17) is 4.74 Å². The van der Waals surface area contributed by atoms with Gasteiger partial charge < -0.3 is 9.64 Å². The molecule has 1 aromatic carbocycles. The number of nitro groups is 1. The van der Waals surface area contributed by atoms with E-state index in [9.17, 15) is 10.1 Å². The van der Waals surface area contributed by atoms with Crippen LogP contribution < -0.4 is 4.90 Å². The summed E-state index contributed by atoms with van der Waals surface area (Å²) in [5.41, 5.74) is 2.22. The Balaban J connectivity index is 1.71. The van der Waals surface area contributed by atoms with Gasteiger partial charge in [0.15, 0.2) is 0 Å². The first-order valence-electron chi connectivity index (χ1n) is 8.56. The quantitative estimate of drug-likeness (QED) is 0.616. The van der Waals surface area contributed by atoms with Crippen LogP contribution in [0.4, 0.5) is 11.4 Å². The van der Waals surface area contributed by atoms with Gasteiger partial charge in [0.25, 0.3) is 5.69 Å². The van der Waals surface area contributed by atoms with Gasteiger partial charge in [0.05, 0.1) is 18.1 Å². The molecule has 0 saturated carbocycles. The monoisotopic (exact) mass is 319 g/mol. The lowest BCUT2D eigenvalue weighted by molar-refractivity contribution is -0.384. The van der Waals surface area contributed by atoms with Gasteiger partial charge in [0.2, 0.25) is 0 Å². The van der Waals surface area contributed by atoms with Crippen LogP contribution in [-0.4, -0.2) is 55.8 Å². The molecule has 126 valence electrons. The molecule has 2 saturated heterocycles. The topological polar surface area (TPSA) is 58.9 Å². The number of hydrogen-bond donors (Lipinski definition) is 0. The second-order valence-electron chi connectivity index (χ2n) is 6.33. The maximum Gasteiger partial charge on any atom is 0.292 e. The highest BCUT2D eigenvalue weighted by atomic mass is 16.6. The van der Waals surface area contributed by atoms with Crippen molar-refractivity contribution in [3.05, 3.63) is 33.9 Å². The first-order chi connectivity index (χ1) is 11.2. The molecular formula is C17H25N3O3. The molecule has 0 radical (unpaired) electrons. The van der Waals surface area contributed by atoms with Crippen molar-refractivity contribution in [1.29, 1.82) is 0 Å². The number of piperidine rings is 1. The van der Waals surface area contributed by atoms with Crippen molar-refractivity contribution < 1.29 is 9.66 Å². The summed E-state index contributed by atoms with van der Waals surface area (Å²) in [5, 5.41) is 11.3. The molecule has 2 aliphatic rings. The highest BCUT2D eigenvalue weighted by Crippen LogP contribution is 2.31. The number of ether oxygens (including phenoxy) is 1.